The highest BCUT2D eigenvalue weighted by Crippen LogP contribution is 2.22. The van der Waals surface area contributed by atoms with Gasteiger partial charge in [0.05, 0.1) is 16.3 Å². The molecular formula is C16H11Cl2N5O. The van der Waals surface area contributed by atoms with Crippen LogP contribution in [0.3, 0.4) is 0 Å². The monoisotopic (exact) mass is 359 g/mol. The van der Waals surface area contributed by atoms with Crippen LogP contribution in [0.25, 0.3) is 11.4 Å². The van der Waals surface area contributed by atoms with Crippen molar-refractivity contribution in [3.8, 4) is 11.4 Å². The number of halogens is 2. The third-order valence-electron chi connectivity index (χ3n) is 3.24. The van der Waals surface area contributed by atoms with Crippen molar-refractivity contribution in [1.29, 1.82) is 0 Å². The van der Waals surface area contributed by atoms with Crippen LogP contribution in [0.2, 0.25) is 10.0 Å². The normalized spacial score (nSPS) is 11.1. The summed E-state index contributed by atoms with van der Waals surface area (Å²) >= 11 is 12.2. The van der Waals surface area contributed by atoms with Crippen LogP contribution in [-0.2, 0) is 0 Å². The van der Waals surface area contributed by atoms with Gasteiger partial charge in [0.15, 0.2) is 5.82 Å². The third-order valence-corrected chi connectivity index (χ3v) is 3.90. The van der Waals surface area contributed by atoms with Gasteiger partial charge < -0.3 is 0 Å². The number of hydrogen-bond acceptors (Lipinski definition) is 5. The molecule has 6 nitrogen and oxygen atoms in total. The fourth-order valence-corrected chi connectivity index (χ4v) is 2.49. The first kappa shape index (κ1) is 16.3. The second-order valence-electron chi connectivity index (χ2n) is 4.84. The molecule has 8 heteroatoms. The lowest BCUT2D eigenvalue weighted by Crippen LogP contribution is -2.24. The number of aryl methyl sites for hydroxylation is 1. The van der Waals surface area contributed by atoms with Gasteiger partial charge in [-0.1, -0.05) is 29.3 Å². The Balaban J connectivity index is 2.16. The molecule has 0 radical (unpaired) electrons. The average molecular weight is 360 g/mol. The zero-order valence-electron chi connectivity index (χ0n) is 12.5. The fraction of sp³-hybridized carbons (Fsp3) is 0.0625. The molecule has 120 valence electrons. The lowest BCUT2D eigenvalue weighted by atomic mass is 10.2. The van der Waals surface area contributed by atoms with E-state index in [1.54, 1.807) is 49.6 Å². The molecule has 0 amide bonds. The summed E-state index contributed by atoms with van der Waals surface area (Å²) in [5.74, 6) is 0.299. The highest BCUT2D eigenvalue weighted by atomic mass is 35.5. The van der Waals surface area contributed by atoms with E-state index in [4.69, 9.17) is 23.2 Å². The Bertz CT molecular complexity index is 950. The number of hydrogen-bond donors (Lipinski definition) is 0. The Kier molecular flexibility index (Phi) is 4.69. The molecule has 24 heavy (non-hydrogen) atoms. The van der Waals surface area contributed by atoms with E-state index in [0.717, 1.165) is 4.68 Å². The van der Waals surface area contributed by atoms with Gasteiger partial charge in [-0.15, -0.1) is 10.2 Å². The van der Waals surface area contributed by atoms with Gasteiger partial charge in [0.25, 0.3) is 5.56 Å². The Morgan fingerprint density at radius 1 is 1.08 bits per heavy atom. The predicted octanol–water partition coefficient (Wildman–Crippen LogP) is 3.20. The van der Waals surface area contributed by atoms with Crippen LogP contribution in [0.15, 0.2) is 52.6 Å². The molecule has 0 aliphatic rings. The van der Waals surface area contributed by atoms with Crippen molar-refractivity contribution in [2.45, 2.75) is 6.92 Å². The zero-order valence-corrected chi connectivity index (χ0v) is 14.0. The molecular weight excluding hydrogens is 349 g/mol. The highest BCUT2D eigenvalue weighted by molar-refractivity contribution is 6.38. The largest absolute Gasteiger partial charge is 0.296 e. The van der Waals surface area contributed by atoms with Crippen molar-refractivity contribution >= 4 is 29.4 Å². The van der Waals surface area contributed by atoms with E-state index in [9.17, 15) is 4.79 Å². The SMILES string of the molecule is Cc1nnc(-c2ccncc2)n(/N=C/c2c(Cl)cccc2Cl)c1=O. The van der Waals surface area contributed by atoms with Gasteiger partial charge in [-0.3, -0.25) is 9.78 Å². The maximum absolute atomic E-state index is 12.4. The van der Waals surface area contributed by atoms with Gasteiger partial charge in [-0.25, -0.2) is 0 Å². The molecule has 0 N–H and O–H groups in total. The van der Waals surface area contributed by atoms with Crippen molar-refractivity contribution in [2.75, 3.05) is 0 Å². The van der Waals surface area contributed by atoms with E-state index >= 15 is 0 Å². The summed E-state index contributed by atoms with van der Waals surface area (Å²) in [6, 6.07) is 8.55. The smallest absolute Gasteiger partial charge is 0.265 e. The molecule has 3 aromatic rings. The number of benzene rings is 1. The van der Waals surface area contributed by atoms with Crippen molar-refractivity contribution in [2.24, 2.45) is 5.10 Å². The van der Waals surface area contributed by atoms with E-state index in [1.807, 2.05) is 0 Å². The molecule has 0 saturated carbocycles. The average Bonchev–Trinajstić information content (AvgIpc) is 2.59. The van der Waals surface area contributed by atoms with Crippen LogP contribution in [0.1, 0.15) is 11.3 Å². The topological polar surface area (TPSA) is 73.0 Å². The first-order chi connectivity index (χ1) is 11.6. The first-order valence-electron chi connectivity index (χ1n) is 6.93. The minimum absolute atomic E-state index is 0.232. The second kappa shape index (κ2) is 6.90. The standard InChI is InChI=1S/C16H11Cl2N5O/c1-10-16(24)23(15(22-21-10)11-5-7-19-8-6-11)20-9-12-13(17)3-2-4-14(12)18/h2-9H,1H3/b20-9+. The molecule has 3 rings (SSSR count). The Morgan fingerprint density at radius 2 is 1.75 bits per heavy atom. The third kappa shape index (κ3) is 3.20. The van der Waals surface area contributed by atoms with Crippen LogP contribution in [0.4, 0.5) is 0 Å². The lowest BCUT2D eigenvalue weighted by molar-refractivity contribution is 0.750. The summed E-state index contributed by atoms with van der Waals surface area (Å²) < 4.78 is 1.16. The predicted molar refractivity (Wildman–Crippen MR) is 93.7 cm³/mol. The van der Waals surface area contributed by atoms with Gasteiger partial charge in [-0.05, 0) is 31.2 Å². The Morgan fingerprint density at radius 3 is 2.42 bits per heavy atom. The summed E-state index contributed by atoms with van der Waals surface area (Å²) in [6.07, 6.45) is 4.62. The van der Waals surface area contributed by atoms with E-state index in [1.165, 1.54) is 6.21 Å². The molecule has 0 atom stereocenters. The second-order valence-corrected chi connectivity index (χ2v) is 5.66. The van der Waals surface area contributed by atoms with Gasteiger partial charge in [-0.2, -0.15) is 9.78 Å². The van der Waals surface area contributed by atoms with Crippen LogP contribution in [0.5, 0.6) is 0 Å². The quantitative estimate of drug-likeness (QED) is 0.673. The number of aromatic nitrogens is 4. The lowest BCUT2D eigenvalue weighted by Gasteiger charge is -2.07. The summed E-state index contributed by atoms with van der Waals surface area (Å²) in [5, 5.41) is 13.0. The molecule has 2 heterocycles. The van der Waals surface area contributed by atoms with Gasteiger partial charge in [0.2, 0.25) is 0 Å². The molecule has 0 aliphatic carbocycles. The molecule has 1 aromatic carbocycles. The van der Waals surface area contributed by atoms with E-state index in [0.29, 0.717) is 27.0 Å². The maximum atomic E-state index is 12.4. The van der Waals surface area contributed by atoms with Crippen molar-refractivity contribution in [3.05, 3.63) is 74.4 Å². The zero-order chi connectivity index (χ0) is 17.1. The summed E-state index contributed by atoms with van der Waals surface area (Å²) in [5.41, 5.74) is 1.03. The summed E-state index contributed by atoms with van der Waals surface area (Å²) in [7, 11) is 0. The Labute approximate surface area is 147 Å². The number of pyridine rings is 1. The van der Waals surface area contributed by atoms with E-state index in [2.05, 4.69) is 20.3 Å². The number of nitrogens with zero attached hydrogens (tertiary/aromatic N) is 5. The molecule has 0 fully saturated rings. The van der Waals surface area contributed by atoms with Crippen molar-refractivity contribution in [3.63, 3.8) is 0 Å². The maximum Gasteiger partial charge on any atom is 0.296 e. The summed E-state index contributed by atoms with van der Waals surface area (Å²) in [6.45, 7) is 1.57. The first-order valence-corrected chi connectivity index (χ1v) is 7.68. The van der Waals surface area contributed by atoms with Crippen LogP contribution in [0, 0.1) is 6.92 Å². The fourth-order valence-electron chi connectivity index (χ4n) is 1.99. The molecule has 0 aliphatic heterocycles. The minimum Gasteiger partial charge on any atom is -0.265 e. The van der Waals surface area contributed by atoms with E-state index < -0.39 is 0 Å². The molecule has 0 spiro atoms. The van der Waals surface area contributed by atoms with Crippen molar-refractivity contribution < 1.29 is 0 Å². The van der Waals surface area contributed by atoms with Crippen LogP contribution >= 0.6 is 23.2 Å². The van der Waals surface area contributed by atoms with Gasteiger partial charge in [0, 0.05) is 23.5 Å². The Hall–Kier alpha value is -2.57. The van der Waals surface area contributed by atoms with Crippen LogP contribution in [-0.4, -0.2) is 26.1 Å². The minimum atomic E-state index is -0.378. The van der Waals surface area contributed by atoms with E-state index in [-0.39, 0.29) is 11.3 Å². The molecule has 2 aromatic heterocycles. The molecule has 0 unspecified atom stereocenters. The highest BCUT2D eigenvalue weighted by Gasteiger charge is 2.11. The van der Waals surface area contributed by atoms with Crippen molar-refractivity contribution in [1.82, 2.24) is 19.9 Å². The van der Waals surface area contributed by atoms with Crippen LogP contribution < -0.4 is 5.56 Å². The number of rotatable bonds is 3. The molecule has 0 bridgehead atoms. The summed E-state index contributed by atoms with van der Waals surface area (Å²) in [4.78, 5) is 16.4. The van der Waals surface area contributed by atoms with Gasteiger partial charge in [0.1, 0.15) is 5.69 Å². The molecule has 0 saturated heterocycles. The van der Waals surface area contributed by atoms with Gasteiger partial charge >= 0.3 is 0 Å².